The number of aromatic nitrogens is 3. The maximum atomic E-state index is 11.0. The van der Waals surface area contributed by atoms with Crippen molar-refractivity contribution in [2.24, 2.45) is 0 Å². The van der Waals surface area contributed by atoms with E-state index in [0.29, 0.717) is 5.89 Å². The first kappa shape index (κ1) is 6.09. The molecule has 0 unspecified atom stereocenters. The van der Waals surface area contributed by atoms with Gasteiger partial charge in [-0.15, -0.1) is 0 Å². The number of fused-ring (bicyclic) bond motifs is 1. The third-order valence-corrected chi connectivity index (χ3v) is 1.31. The second-order valence-corrected chi connectivity index (χ2v) is 2.12. The smallest absolute Gasteiger partial charge is 0.280 e. The molecule has 0 bridgehead atoms. The summed E-state index contributed by atoms with van der Waals surface area (Å²) in [6.45, 7) is 1.67. The summed E-state index contributed by atoms with van der Waals surface area (Å²) >= 11 is 0. The van der Waals surface area contributed by atoms with Crippen LogP contribution in [-0.4, -0.2) is 15.0 Å². The molecule has 0 fully saturated rings. The number of nitrogens with zero attached hydrogens (tertiary/aromatic N) is 2. The van der Waals surface area contributed by atoms with Gasteiger partial charge in [0.2, 0.25) is 0 Å². The third-order valence-electron chi connectivity index (χ3n) is 1.31. The summed E-state index contributed by atoms with van der Waals surface area (Å²) in [7, 11) is 0. The Morgan fingerprint density at radius 3 is 3.18 bits per heavy atom. The summed E-state index contributed by atoms with van der Waals surface area (Å²) in [4.78, 5) is 21.0. The number of aromatic amines is 1. The predicted octanol–water partition coefficient (Wildman–Crippen LogP) is 0.220. The first-order chi connectivity index (χ1) is 5.27. The molecule has 0 atom stereocenters. The Balaban J connectivity index is 3.02. The summed E-state index contributed by atoms with van der Waals surface area (Å²) in [6, 6.07) is 0. The maximum absolute atomic E-state index is 11.0. The second-order valence-electron chi connectivity index (χ2n) is 2.12. The predicted molar refractivity (Wildman–Crippen MR) is 37.2 cm³/mol. The highest BCUT2D eigenvalue weighted by Gasteiger charge is 2.04. The molecule has 11 heavy (non-hydrogen) atoms. The van der Waals surface area contributed by atoms with Gasteiger partial charge in [-0.2, -0.15) is 0 Å². The average Bonchev–Trinajstić information content (AvgIpc) is 2.31. The topological polar surface area (TPSA) is 71.8 Å². The van der Waals surface area contributed by atoms with Gasteiger partial charge in [0, 0.05) is 6.92 Å². The molecule has 0 saturated heterocycles. The van der Waals surface area contributed by atoms with Crippen molar-refractivity contribution >= 4 is 11.2 Å². The van der Waals surface area contributed by atoms with Crippen LogP contribution in [0, 0.1) is 6.92 Å². The SMILES string of the molecule is Cc1nc2c(=O)[nH]cnc2o1. The van der Waals surface area contributed by atoms with Crippen molar-refractivity contribution in [2.45, 2.75) is 6.92 Å². The van der Waals surface area contributed by atoms with Crippen LogP contribution in [0.3, 0.4) is 0 Å². The molecule has 0 aliphatic heterocycles. The van der Waals surface area contributed by atoms with Gasteiger partial charge in [0.25, 0.3) is 11.3 Å². The minimum atomic E-state index is -0.271. The van der Waals surface area contributed by atoms with Crippen LogP contribution in [0.5, 0.6) is 0 Å². The minimum Gasteiger partial charge on any atom is -0.422 e. The van der Waals surface area contributed by atoms with Crippen LogP contribution in [-0.2, 0) is 0 Å². The van der Waals surface area contributed by atoms with Crippen LogP contribution < -0.4 is 5.56 Å². The summed E-state index contributed by atoms with van der Waals surface area (Å²) < 4.78 is 5.01. The second kappa shape index (κ2) is 1.91. The van der Waals surface area contributed by atoms with Crippen LogP contribution in [0.15, 0.2) is 15.5 Å². The number of aryl methyl sites for hydroxylation is 1. The van der Waals surface area contributed by atoms with Crippen LogP contribution in [0.25, 0.3) is 11.2 Å². The Morgan fingerprint density at radius 1 is 1.64 bits per heavy atom. The summed E-state index contributed by atoms with van der Waals surface area (Å²) in [6.07, 6.45) is 1.29. The van der Waals surface area contributed by atoms with Crippen LogP contribution >= 0.6 is 0 Å². The van der Waals surface area contributed by atoms with Crippen LogP contribution in [0.2, 0.25) is 0 Å². The molecular weight excluding hydrogens is 146 g/mol. The number of hydrogen-bond acceptors (Lipinski definition) is 4. The normalized spacial score (nSPS) is 10.6. The fourth-order valence-electron chi connectivity index (χ4n) is 0.870. The van der Waals surface area contributed by atoms with Crippen molar-refractivity contribution in [1.82, 2.24) is 15.0 Å². The molecule has 2 rings (SSSR count). The molecule has 5 nitrogen and oxygen atoms in total. The fourth-order valence-corrected chi connectivity index (χ4v) is 0.870. The van der Waals surface area contributed by atoms with Gasteiger partial charge < -0.3 is 9.40 Å². The molecule has 0 aliphatic rings. The lowest BCUT2D eigenvalue weighted by Gasteiger charge is -1.80. The Bertz CT molecular complexity index is 442. The molecule has 56 valence electrons. The van der Waals surface area contributed by atoms with Gasteiger partial charge in [-0.1, -0.05) is 0 Å². The number of nitrogens with one attached hydrogen (secondary N) is 1. The van der Waals surface area contributed by atoms with Gasteiger partial charge in [0.1, 0.15) is 0 Å². The maximum Gasteiger partial charge on any atom is 0.280 e. The highest BCUT2D eigenvalue weighted by molar-refractivity contribution is 5.65. The van der Waals surface area contributed by atoms with Crippen LogP contribution in [0.1, 0.15) is 5.89 Å². The van der Waals surface area contributed by atoms with Gasteiger partial charge in [0.15, 0.2) is 11.4 Å². The number of H-pyrrole nitrogens is 1. The van der Waals surface area contributed by atoms with Crippen molar-refractivity contribution in [3.05, 3.63) is 22.6 Å². The molecule has 0 saturated carbocycles. The number of rotatable bonds is 0. The quantitative estimate of drug-likeness (QED) is 0.584. The molecule has 2 aromatic rings. The van der Waals surface area contributed by atoms with E-state index in [4.69, 9.17) is 4.42 Å². The molecule has 0 amide bonds. The Hall–Kier alpha value is -1.65. The number of hydrogen-bond donors (Lipinski definition) is 1. The first-order valence-electron chi connectivity index (χ1n) is 3.08. The largest absolute Gasteiger partial charge is 0.422 e. The molecular formula is C6H5N3O2. The van der Waals surface area contributed by atoms with E-state index >= 15 is 0 Å². The lowest BCUT2D eigenvalue weighted by molar-refractivity contribution is 0.551. The highest BCUT2D eigenvalue weighted by atomic mass is 16.4. The van der Waals surface area contributed by atoms with Crippen molar-refractivity contribution in [1.29, 1.82) is 0 Å². The molecule has 0 aromatic carbocycles. The summed E-state index contributed by atoms with van der Waals surface area (Å²) in [5, 5.41) is 0. The zero-order valence-electron chi connectivity index (χ0n) is 5.79. The summed E-state index contributed by atoms with van der Waals surface area (Å²) in [5.74, 6) is 0.448. The van der Waals surface area contributed by atoms with Gasteiger partial charge in [-0.3, -0.25) is 4.79 Å². The fraction of sp³-hybridized carbons (Fsp3) is 0.167. The van der Waals surface area contributed by atoms with Gasteiger partial charge in [0.05, 0.1) is 6.33 Å². The third kappa shape index (κ3) is 0.813. The molecule has 2 heterocycles. The van der Waals surface area contributed by atoms with Gasteiger partial charge >= 0.3 is 0 Å². The molecule has 0 radical (unpaired) electrons. The first-order valence-corrected chi connectivity index (χ1v) is 3.08. The molecule has 0 spiro atoms. The zero-order chi connectivity index (χ0) is 7.84. The average molecular weight is 151 g/mol. The minimum absolute atomic E-state index is 0.255. The monoisotopic (exact) mass is 151 g/mol. The van der Waals surface area contributed by atoms with Gasteiger partial charge in [-0.05, 0) is 0 Å². The van der Waals surface area contributed by atoms with E-state index in [9.17, 15) is 4.79 Å². The molecule has 5 heteroatoms. The summed E-state index contributed by atoms with van der Waals surface area (Å²) in [5.41, 5.74) is 0.267. The van der Waals surface area contributed by atoms with E-state index in [-0.39, 0.29) is 16.8 Å². The lowest BCUT2D eigenvalue weighted by atomic mass is 10.6. The van der Waals surface area contributed by atoms with E-state index in [0.717, 1.165) is 0 Å². The zero-order valence-corrected chi connectivity index (χ0v) is 5.79. The van der Waals surface area contributed by atoms with Crippen LogP contribution in [0.4, 0.5) is 0 Å². The van der Waals surface area contributed by atoms with Crippen molar-refractivity contribution in [3.8, 4) is 0 Å². The Labute approximate surface area is 61.1 Å². The van der Waals surface area contributed by atoms with E-state index in [1.54, 1.807) is 6.92 Å². The standard InChI is InChI=1S/C6H5N3O2/c1-3-9-4-5(10)7-2-8-6(4)11-3/h2H,1H3,(H,7,8,10). The molecule has 1 N–H and O–H groups in total. The van der Waals surface area contributed by atoms with E-state index < -0.39 is 0 Å². The number of oxazole rings is 1. The Morgan fingerprint density at radius 2 is 2.45 bits per heavy atom. The van der Waals surface area contributed by atoms with Crippen molar-refractivity contribution in [2.75, 3.05) is 0 Å². The van der Waals surface area contributed by atoms with E-state index in [1.807, 2.05) is 0 Å². The van der Waals surface area contributed by atoms with Crippen molar-refractivity contribution < 1.29 is 4.42 Å². The van der Waals surface area contributed by atoms with E-state index in [2.05, 4.69) is 15.0 Å². The lowest BCUT2D eigenvalue weighted by Crippen LogP contribution is -2.05. The molecule has 0 aliphatic carbocycles. The van der Waals surface area contributed by atoms with Gasteiger partial charge in [-0.25, -0.2) is 9.97 Å². The highest BCUT2D eigenvalue weighted by Crippen LogP contribution is 2.05. The van der Waals surface area contributed by atoms with E-state index in [1.165, 1.54) is 6.33 Å². The molecule has 2 aromatic heterocycles. The Kier molecular flexibility index (Phi) is 1.06. The van der Waals surface area contributed by atoms with Crippen molar-refractivity contribution in [3.63, 3.8) is 0 Å².